The van der Waals surface area contributed by atoms with E-state index in [1.54, 1.807) is 26.2 Å². The van der Waals surface area contributed by atoms with Gasteiger partial charge in [-0.25, -0.2) is 12.8 Å². The Morgan fingerprint density at radius 1 is 1.33 bits per heavy atom. The fourth-order valence-electron chi connectivity index (χ4n) is 4.21. The first kappa shape index (κ1) is 21.4. The lowest BCUT2D eigenvalue weighted by Gasteiger charge is -2.25. The van der Waals surface area contributed by atoms with Crippen LogP contribution in [0, 0.1) is 12.7 Å². The van der Waals surface area contributed by atoms with Crippen LogP contribution in [0.5, 0.6) is 0 Å². The molecule has 9 nitrogen and oxygen atoms in total. The molecule has 0 saturated carbocycles. The third kappa shape index (κ3) is 3.53. The van der Waals surface area contributed by atoms with E-state index in [9.17, 15) is 17.6 Å². The van der Waals surface area contributed by atoms with Crippen LogP contribution in [-0.4, -0.2) is 39.9 Å². The number of amides is 1. The lowest BCUT2D eigenvalue weighted by Crippen LogP contribution is -2.35. The number of halogens is 1. The Kier molecular flexibility index (Phi) is 5.09. The van der Waals surface area contributed by atoms with Crippen molar-refractivity contribution in [1.82, 2.24) is 24.4 Å². The quantitative estimate of drug-likeness (QED) is 0.465. The number of rotatable bonds is 5. The third-order valence-electron chi connectivity index (χ3n) is 6.22. The minimum Gasteiger partial charge on any atom is -0.464 e. The van der Waals surface area contributed by atoms with Crippen molar-refractivity contribution in [2.45, 2.75) is 31.3 Å². The number of H-pyrrole nitrogens is 1. The van der Waals surface area contributed by atoms with Crippen molar-refractivity contribution in [3.8, 4) is 0 Å². The van der Waals surface area contributed by atoms with Gasteiger partial charge in [-0.2, -0.15) is 9.40 Å². The van der Waals surface area contributed by atoms with Crippen LogP contribution < -0.4 is 5.32 Å². The summed E-state index contributed by atoms with van der Waals surface area (Å²) in [5, 5.41) is 10.1. The number of sulfonamides is 1. The second-order valence-electron chi connectivity index (χ2n) is 8.04. The highest BCUT2D eigenvalue weighted by atomic mass is 32.2. The summed E-state index contributed by atoms with van der Waals surface area (Å²) in [5.74, 6) is -0.961. The van der Waals surface area contributed by atoms with Gasteiger partial charge in [0.15, 0.2) is 0 Å². The summed E-state index contributed by atoms with van der Waals surface area (Å²) >= 11 is 0. The normalized spacial score (nSPS) is 14.5. The molecule has 1 aromatic carbocycles. The molecule has 0 spiro atoms. The Morgan fingerprint density at radius 2 is 2.15 bits per heavy atom. The topological polar surface area (TPSA) is 113 Å². The Bertz CT molecular complexity index is 1480. The molecule has 0 aliphatic carbocycles. The van der Waals surface area contributed by atoms with Gasteiger partial charge in [0.05, 0.1) is 12.5 Å². The first-order valence-corrected chi connectivity index (χ1v) is 11.8. The Balaban J connectivity index is 1.39. The Morgan fingerprint density at radius 3 is 2.97 bits per heavy atom. The Labute approximate surface area is 189 Å². The molecule has 33 heavy (non-hydrogen) atoms. The van der Waals surface area contributed by atoms with E-state index in [0.717, 1.165) is 11.3 Å². The number of nitrogens with zero attached hydrogens (tertiary/aromatic N) is 3. The highest BCUT2D eigenvalue weighted by Gasteiger charge is 2.33. The number of hydrogen-bond acceptors (Lipinski definition) is 5. The summed E-state index contributed by atoms with van der Waals surface area (Å²) in [6.45, 7) is 2.13. The van der Waals surface area contributed by atoms with Crippen LogP contribution in [0.15, 0.2) is 46.0 Å². The van der Waals surface area contributed by atoms with Crippen LogP contribution in [-0.2, 0) is 36.6 Å². The molecule has 11 heteroatoms. The zero-order chi connectivity index (χ0) is 23.3. The standard InChI is InChI=1S/C22H22FN5O4S/c1-13-21(33(30,31)28-7-5-18-14(12-28)10-25-26-18)9-19(27(13)2)22(29)24-11-16-15-6-8-32-20(15)4-3-17(16)23/h3-4,6,8-10H,5,7,11-12H2,1-2H3,(H,24,29)(H,25,26). The van der Waals surface area contributed by atoms with E-state index < -0.39 is 21.7 Å². The molecule has 4 aromatic rings. The van der Waals surface area contributed by atoms with Crippen molar-refractivity contribution < 1.29 is 22.0 Å². The SMILES string of the molecule is Cc1c(S(=O)(=O)N2CCc3[nH]ncc3C2)cc(C(=O)NCc2c(F)ccc3occc23)n1C. The molecule has 0 radical (unpaired) electrons. The van der Waals surface area contributed by atoms with Crippen LogP contribution in [0.1, 0.15) is 33.0 Å². The number of nitrogens with one attached hydrogen (secondary N) is 2. The zero-order valence-electron chi connectivity index (χ0n) is 18.1. The van der Waals surface area contributed by atoms with E-state index in [2.05, 4.69) is 15.5 Å². The van der Waals surface area contributed by atoms with Crippen molar-refractivity contribution >= 4 is 26.9 Å². The minimum absolute atomic E-state index is 0.0662. The molecule has 0 atom stereocenters. The summed E-state index contributed by atoms with van der Waals surface area (Å²) in [4.78, 5) is 13.0. The molecule has 4 heterocycles. The largest absolute Gasteiger partial charge is 0.464 e. The van der Waals surface area contributed by atoms with E-state index >= 15 is 0 Å². The number of furan rings is 1. The molecule has 0 bridgehead atoms. The number of aromatic nitrogens is 3. The summed E-state index contributed by atoms with van der Waals surface area (Å²) < 4.78 is 49.3. The minimum atomic E-state index is -3.83. The predicted molar refractivity (Wildman–Crippen MR) is 117 cm³/mol. The monoisotopic (exact) mass is 471 g/mol. The van der Waals surface area contributed by atoms with Crippen molar-refractivity contribution in [3.63, 3.8) is 0 Å². The van der Waals surface area contributed by atoms with E-state index in [4.69, 9.17) is 4.42 Å². The van der Waals surface area contributed by atoms with Crippen molar-refractivity contribution in [1.29, 1.82) is 0 Å². The summed E-state index contributed by atoms with van der Waals surface area (Å²) in [6, 6.07) is 5.83. The number of aromatic amines is 1. The maximum absolute atomic E-state index is 14.4. The van der Waals surface area contributed by atoms with Crippen molar-refractivity contribution in [3.05, 3.63) is 70.8 Å². The molecule has 1 aliphatic heterocycles. The maximum atomic E-state index is 14.4. The van der Waals surface area contributed by atoms with Gasteiger partial charge in [-0.05, 0) is 31.2 Å². The zero-order valence-corrected chi connectivity index (χ0v) is 18.9. The fourth-order valence-corrected chi connectivity index (χ4v) is 5.90. The molecule has 0 unspecified atom stereocenters. The van der Waals surface area contributed by atoms with Gasteiger partial charge in [-0.15, -0.1) is 0 Å². The molecule has 1 amide bonds. The van der Waals surface area contributed by atoms with Gasteiger partial charge in [-0.3, -0.25) is 9.89 Å². The molecule has 0 saturated heterocycles. The Hall–Kier alpha value is -3.44. The molecule has 0 fully saturated rings. The second kappa shape index (κ2) is 7.85. The second-order valence-corrected chi connectivity index (χ2v) is 9.95. The van der Waals surface area contributed by atoms with Gasteiger partial charge in [0, 0.05) is 61.0 Å². The average molecular weight is 472 g/mol. The molecule has 3 aromatic heterocycles. The van der Waals surface area contributed by atoms with Gasteiger partial charge in [0.1, 0.15) is 22.0 Å². The van der Waals surface area contributed by atoms with Gasteiger partial charge in [0.25, 0.3) is 5.91 Å². The first-order chi connectivity index (χ1) is 15.8. The smallest absolute Gasteiger partial charge is 0.268 e. The van der Waals surface area contributed by atoms with Gasteiger partial charge in [-0.1, -0.05) is 0 Å². The third-order valence-corrected chi connectivity index (χ3v) is 8.18. The van der Waals surface area contributed by atoms with E-state index in [1.807, 2.05) is 0 Å². The summed E-state index contributed by atoms with van der Waals surface area (Å²) in [6.07, 6.45) is 3.63. The van der Waals surface area contributed by atoms with E-state index in [0.29, 0.717) is 35.2 Å². The molecular formula is C22H22FN5O4S. The van der Waals surface area contributed by atoms with Gasteiger partial charge in [0.2, 0.25) is 10.0 Å². The number of carbonyl (C=O) groups is 1. The highest BCUT2D eigenvalue weighted by molar-refractivity contribution is 7.89. The predicted octanol–water partition coefficient (Wildman–Crippen LogP) is 2.62. The average Bonchev–Trinajstić information content (AvgIpc) is 3.52. The molecule has 1 aliphatic rings. The van der Waals surface area contributed by atoms with Crippen LogP contribution >= 0.6 is 0 Å². The van der Waals surface area contributed by atoms with Gasteiger partial charge >= 0.3 is 0 Å². The summed E-state index contributed by atoms with van der Waals surface area (Å²) in [5.41, 5.74) is 3.22. The molecule has 2 N–H and O–H groups in total. The van der Waals surface area contributed by atoms with Crippen LogP contribution in [0.25, 0.3) is 11.0 Å². The first-order valence-electron chi connectivity index (χ1n) is 10.4. The van der Waals surface area contributed by atoms with Crippen LogP contribution in [0.3, 0.4) is 0 Å². The lowest BCUT2D eigenvalue weighted by molar-refractivity contribution is 0.0942. The highest BCUT2D eigenvalue weighted by Crippen LogP contribution is 2.28. The van der Waals surface area contributed by atoms with E-state index in [1.165, 1.54) is 33.3 Å². The van der Waals surface area contributed by atoms with Gasteiger partial charge < -0.3 is 14.3 Å². The number of carbonyl (C=O) groups excluding carboxylic acids is 1. The van der Waals surface area contributed by atoms with Crippen molar-refractivity contribution in [2.75, 3.05) is 6.54 Å². The molecule has 172 valence electrons. The van der Waals surface area contributed by atoms with E-state index in [-0.39, 0.29) is 23.7 Å². The maximum Gasteiger partial charge on any atom is 0.268 e. The lowest BCUT2D eigenvalue weighted by atomic mass is 10.1. The van der Waals surface area contributed by atoms with Crippen LogP contribution in [0.4, 0.5) is 4.39 Å². The number of benzene rings is 1. The fraction of sp³-hybridized carbons (Fsp3) is 0.273. The summed E-state index contributed by atoms with van der Waals surface area (Å²) in [7, 11) is -2.20. The van der Waals surface area contributed by atoms with Crippen LogP contribution in [0.2, 0.25) is 0 Å². The number of fused-ring (bicyclic) bond motifs is 2. The van der Waals surface area contributed by atoms with Crippen molar-refractivity contribution in [2.24, 2.45) is 7.05 Å². The molecular weight excluding hydrogens is 449 g/mol. The number of hydrogen-bond donors (Lipinski definition) is 2. The molecule has 5 rings (SSSR count).